The minimum Gasteiger partial charge on any atom is -0.384 e. The van der Waals surface area contributed by atoms with Crippen LogP contribution in [0.5, 0.6) is 0 Å². The fourth-order valence-corrected chi connectivity index (χ4v) is 3.20. The first kappa shape index (κ1) is 15.2. The lowest BCUT2D eigenvalue weighted by molar-refractivity contribution is 0.575. The molecule has 0 saturated heterocycles. The van der Waals surface area contributed by atoms with Crippen LogP contribution in [0.3, 0.4) is 0 Å². The predicted molar refractivity (Wildman–Crippen MR) is 79.0 cm³/mol. The molecule has 2 rings (SSSR count). The number of amidine groups is 1. The summed E-state index contributed by atoms with van der Waals surface area (Å²) in [5.74, 6) is 1.05. The highest BCUT2D eigenvalue weighted by atomic mass is 32.2. The maximum Gasteiger partial charge on any atom is 0.180 e. The normalized spacial score (nSPS) is 11.5. The van der Waals surface area contributed by atoms with E-state index >= 15 is 0 Å². The molecule has 1 heterocycles. The summed E-state index contributed by atoms with van der Waals surface area (Å²) in [5, 5.41) is 11.5. The number of aryl methyl sites for hydroxylation is 3. The van der Waals surface area contributed by atoms with Gasteiger partial charge in [0.25, 0.3) is 0 Å². The van der Waals surface area contributed by atoms with Crippen LogP contribution in [-0.4, -0.2) is 34.8 Å². The molecule has 21 heavy (non-hydrogen) atoms. The van der Waals surface area contributed by atoms with Crippen molar-refractivity contribution in [3.05, 3.63) is 41.5 Å². The Labute approximate surface area is 123 Å². The largest absolute Gasteiger partial charge is 0.384 e. The number of nitrogens with one attached hydrogen (secondary N) is 1. The predicted octanol–water partition coefficient (Wildman–Crippen LogP) is 0.653. The summed E-state index contributed by atoms with van der Waals surface area (Å²) in [4.78, 5) is 4.29. The van der Waals surface area contributed by atoms with Crippen LogP contribution in [0.2, 0.25) is 0 Å². The van der Waals surface area contributed by atoms with E-state index in [9.17, 15) is 8.42 Å². The van der Waals surface area contributed by atoms with Gasteiger partial charge in [0.05, 0.1) is 17.2 Å². The van der Waals surface area contributed by atoms with E-state index in [2.05, 4.69) is 10.1 Å². The summed E-state index contributed by atoms with van der Waals surface area (Å²) in [6.45, 7) is 3.77. The number of nitrogens with two attached hydrogens (primary N) is 1. The smallest absolute Gasteiger partial charge is 0.180 e. The molecule has 1 aromatic carbocycles. The van der Waals surface area contributed by atoms with Crippen molar-refractivity contribution in [2.75, 3.05) is 5.75 Å². The Hall–Kier alpha value is -2.22. The van der Waals surface area contributed by atoms with Crippen LogP contribution >= 0.6 is 0 Å². The number of nitrogen functional groups attached to an aromatic ring is 1. The molecular weight excluding hydrogens is 290 g/mol. The summed E-state index contributed by atoms with van der Waals surface area (Å²) in [7, 11) is -3.46. The summed E-state index contributed by atoms with van der Waals surface area (Å²) in [6, 6.07) is 6.10. The van der Waals surface area contributed by atoms with Crippen LogP contribution in [0.25, 0.3) is 0 Å². The Morgan fingerprint density at radius 2 is 2.10 bits per heavy atom. The van der Waals surface area contributed by atoms with Gasteiger partial charge in [0.1, 0.15) is 17.5 Å². The van der Waals surface area contributed by atoms with E-state index in [1.54, 1.807) is 30.7 Å². The number of rotatable bonds is 5. The lowest BCUT2D eigenvalue weighted by Crippen LogP contribution is -2.16. The minimum absolute atomic E-state index is 0.0853. The van der Waals surface area contributed by atoms with Gasteiger partial charge < -0.3 is 5.73 Å². The lowest BCUT2D eigenvalue weighted by Gasteiger charge is -2.07. The molecule has 8 heteroatoms. The number of sulfone groups is 1. The second-order valence-corrected chi connectivity index (χ2v) is 6.80. The van der Waals surface area contributed by atoms with Crippen LogP contribution in [0.1, 0.15) is 17.2 Å². The highest BCUT2D eigenvalue weighted by molar-refractivity contribution is 7.91. The molecule has 0 bridgehead atoms. The average Bonchev–Trinajstić information content (AvgIpc) is 2.75. The Morgan fingerprint density at radius 1 is 1.38 bits per heavy atom. The molecule has 0 unspecified atom stereocenters. The molecule has 0 aliphatic heterocycles. The number of hydrogen-bond donors (Lipinski definition) is 2. The van der Waals surface area contributed by atoms with Crippen molar-refractivity contribution in [1.29, 1.82) is 5.41 Å². The molecule has 3 N–H and O–H groups in total. The molecule has 0 fully saturated rings. The van der Waals surface area contributed by atoms with Crippen LogP contribution < -0.4 is 5.73 Å². The number of aromatic nitrogens is 3. The second kappa shape index (κ2) is 5.65. The van der Waals surface area contributed by atoms with E-state index < -0.39 is 9.84 Å². The van der Waals surface area contributed by atoms with Crippen molar-refractivity contribution in [1.82, 2.24) is 14.8 Å². The fourth-order valence-electron chi connectivity index (χ4n) is 1.95. The van der Waals surface area contributed by atoms with Crippen molar-refractivity contribution < 1.29 is 8.42 Å². The van der Waals surface area contributed by atoms with E-state index in [1.807, 2.05) is 0 Å². The van der Waals surface area contributed by atoms with Gasteiger partial charge in [-0.2, -0.15) is 5.10 Å². The Kier molecular flexibility index (Phi) is 4.08. The summed E-state index contributed by atoms with van der Waals surface area (Å²) < 4.78 is 26.2. The monoisotopic (exact) mass is 307 g/mol. The molecule has 7 nitrogen and oxygen atoms in total. The van der Waals surface area contributed by atoms with E-state index in [-0.39, 0.29) is 23.0 Å². The first-order valence-electron chi connectivity index (χ1n) is 6.35. The van der Waals surface area contributed by atoms with E-state index in [4.69, 9.17) is 11.1 Å². The highest BCUT2D eigenvalue weighted by Gasteiger charge is 2.16. The first-order valence-corrected chi connectivity index (χ1v) is 8.00. The number of hydrogen-bond acceptors (Lipinski definition) is 5. The summed E-state index contributed by atoms with van der Waals surface area (Å²) in [6.07, 6.45) is 0. The van der Waals surface area contributed by atoms with Gasteiger partial charge in [0.15, 0.2) is 9.84 Å². The topological polar surface area (TPSA) is 115 Å². The van der Waals surface area contributed by atoms with E-state index in [0.717, 1.165) is 0 Å². The van der Waals surface area contributed by atoms with Crippen LogP contribution in [0, 0.1) is 19.3 Å². The van der Waals surface area contributed by atoms with Gasteiger partial charge in [0.2, 0.25) is 0 Å². The minimum atomic E-state index is -3.46. The number of nitrogens with zero attached hydrogens (tertiary/aromatic N) is 3. The van der Waals surface area contributed by atoms with Crippen LogP contribution in [0.15, 0.2) is 29.2 Å². The molecular formula is C13H17N5O2S. The molecule has 0 atom stereocenters. The molecule has 0 aliphatic carbocycles. The Balaban J connectivity index is 2.20. The van der Waals surface area contributed by atoms with Gasteiger partial charge in [-0.1, -0.05) is 12.1 Å². The Bertz CT molecular complexity index is 780. The zero-order chi connectivity index (χ0) is 15.6. The molecule has 0 saturated carbocycles. The number of benzene rings is 1. The van der Waals surface area contributed by atoms with Crippen molar-refractivity contribution in [3.63, 3.8) is 0 Å². The van der Waals surface area contributed by atoms with Gasteiger partial charge in [-0.3, -0.25) is 5.41 Å². The SMILES string of the molecule is Cc1nc(C)n(CCS(=O)(=O)c2cccc(C(=N)N)c2)n1. The van der Waals surface area contributed by atoms with Gasteiger partial charge >= 0.3 is 0 Å². The van der Waals surface area contributed by atoms with Gasteiger partial charge in [-0.15, -0.1) is 0 Å². The van der Waals surface area contributed by atoms with E-state index in [0.29, 0.717) is 17.2 Å². The molecule has 0 amide bonds. The molecule has 0 aliphatic rings. The molecule has 0 radical (unpaired) electrons. The Morgan fingerprint density at radius 3 is 2.67 bits per heavy atom. The van der Waals surface area contributed by atoms with Crippen molar-refractivity contribution >= 4 is 15.7 Å². The standard InChI is InChI=1S/C13H17N5O2S/c1-9-16-10(2)18(17-9)6-7-21(19,20)12-5-3-4-11(8-12)13(14)15/h3-5,8H,6-7H2,1-2H3,(H3,14,15). The zero-order valence-electron chi connectivity index (χ0n) is 11.9. The quantitative estimate of drug-likeness (QED) is 0.622. The van der Waals surface area contributed by atoms with Crippen LogP contribution in [-0.2, 0) is 16.4 Å². The van der Waals surface area contributed by atoms with Crippen LogP contribution in [0.4, 0.5) is 0 Å². The van der Waals surface area contributed by atoms with Gasteiger partial charge in [-0.25, -0.2) is 18.1 Å². The third kappa shape index (κ3) is 3.46. The van der Waals surface area contributed by atoms with Gasteiger partial charge in [0, 0.05) is 5.56 Å². The summed E-state index contributed by atoms with van der Waals surface area (Å²) in [5.41, 5.74) is 5.77. The fraction of sp³-hybridized carbons (Fsp3) is 0.308. The third-order valence-corrected chi connectivity index (χ3v) is 4.73. The third-order valence-electron chi connectivity index (χ3n) is 3.04. The molecule has 0 spiro atoms. The van der Waals surface area contributed by atoms with Crippen molar-refractivity contribution in [2.45, 2.75) is 25.3 Å². The lowest BCUT2D eigenvalue weighted by atomic mass is 10.2. The molecule has 2 aromatic rings. The highest BCUT2D eigenvalue weighted by Crippen LogP contribution is 2.14. The molecule has 1 aromatic heterocycles. The maximum absolute atomic E-state index is 12.3. The second-order valence-electron chi connectivity index (χ2n) is 4.69. The first-order chi connectivity index (χ1) is 9.79. The summed E-state index contributed by atoms with van der Waals surface area (Å²) >= 11 is 0. The van der Waals surface area contributed by atoms with E-state index in [1.165, 1.54) is 12.1 Å². The van der Waals surface area contributed by atoms with Crippen molar-refractivity contribution in [2.24, 2.45) is 5.73 Å². The maximum atomic E-state index is 12.3. The average molecular weight is 307 g/mol. The molecule has 112 valence electrons. The van der Waals surface area contributed by atoms with Crippen molar-refractivity contribution in [3.8, 4) is 0 Å². The van der Waals surface area contributed by atoms with Gasteiger partial charge in [-0.05, 0) is 26.0 Å². The zero-order valence-corrected chi connectivity index (χ0v) is 12.7.